The third kappa shape index (κ3) is 3.70. The maximum Gasteiger partial charge on any atom is 0.407 e. The number of anilines is 1. The molecular weight excluding hydrogens is 278 g/mol. The highest BCUT2D eigenvalue weighted by molar-refractivity contribution is 5.64. The molecule has 1 aromatic rings. The molecule has 1 aromatic heterocycles. The summed E-state index contributed by atoms with van der Waals surface area (Å²) in [5.74, 6) is 1.75. The molecule has 0 aromatic carbocycles. The highest BCUT2D eigenvalue weighted by Gasteiger charge is 2.22. The number of carboxylic acid groups (broad SMARTS) is 1. The van der Waals surface area contributed by atoms with Crippen LogP contribution in [0, 0.1) is 5.92 Å². The minimum Gasteiger partial charge on any atom is -0.465 e. The zero-order chi connectivity index (χ0) is 15.4. The number of amides is 1. The normalized spacial score (nSPS) is 19.6. The van der Waals surface area contributed by atoms with E-state index in [0.29, 0.717) is 19.0 Å². The van der Waals surface area contributed by atoms with Crippen molar-refractivity contribution in [3.05, 3.63) is 23.9 Å². The lowest BCUT2D eigenvalue weighted by molar-refractivity contribution is 0.123. The molecule has 5 heteroatoms. The molecule has 0 saturated carbocycles. The van der Waals surface area contributed by atoms with Crippen LogP contribution in [-0.2, 0) is 6.42 Å². The van der Waals surface area contributed by atoms with Crippen LogP contribution in [0.5, 0.6) is 0 Å². The predicted octanol–water partition coefficient (Wildman–Crippen LogP) is 3.00. The molecule has 2 fully saturated rings. The summed E-state index contributed by atoms with van der Waals surface area (Å²) in [4.78, 5) is 19.6. The van der Waals surface area contributed by atoms with Crippen molar-refractivity contribution < 1.29 is 9.90 Å². The monoisotopic (exact) mass is 303 g/mol. The fraction of sp³-hybridized carbons (Fsp3) is 0.647. The number of hydrogen-bond acceptors (Lipinski definition) is 3. The topological polar surface area (TPSA) is 56.7 Å². The largest absolute Gasteiger partial charge is 0.465 e. The Kier molecular flexibility index (Phi) is 4.80. The predicted molar refractivity (Wildman–Crippen MR) is 86.3 cm³/mol. The van der Waals surface area contributed by atoms with Crippen molar-refractivity contribution in [1.82, 2.24) is 9.88 Å². The van der Waals surface area contributed by atoms with Crippen LogP contribution >= 0.6 is 0 Å². The van der Waals surface area contributed by atoms with Crippen molar-refractivity contribution in [1.29, 1.82) is 0 Å². The number of rotatable bonds is 4. The summed E-state index contributed by atoms with van der Waals surface area (Å²) >= 11 is 0. The Morgan fingerprint density at radius 2 is 1.91 bits per heavy atom. The molecule has 22 heavy (non-hydrogen) atoms. The fourth-order valence-electron chi connectivity index (χ4n) is 3.49. The van der Waals surface area contributed by atoms with E-state index in [2.05, 4.69) is 23.1 Å². The Balaban J connectivity index is 1.49. The Labute approximate surface area is 131 Å². The third-order valence-electron chi connectivity index (χ3n) is 4.92. The van der Waals surface area contributed by atoms with E-state index in [9.17, 15) is 4.79 Å². The Bertz CT molecular complexity index is 506. The van der Waals surface area contributed by atoms with Gasteiger partial charge in [0.25, 0.3) is 0 Å². The van der Waals surface area contributed by atoms with Gasteiger partial charge in [0.15, 0.2) is 0 Å². The number of aromatic nitrogens is 1. The van der Waals surface area contributed by atoms with Crippen molar-refractivity contribution in [2.45, 2.75) is 38.5 Å². The summed E-state index contributed by atoms with van der Waals surface area (Å²) in [5.41, 5.74) is 1.17. The van der Waals surface area contributed by atoms with Gasteiger partial charge in [-0.15, -0.1) is 0 Å². The van der Waals surface area contributed by atoms with Gasteiger partial charge >= 0.3 is 6.09 Å². The van der Waals surface area contributed by atoms with Gasteiger partial charge < -0.3 is 14.9 Å². The molecule has 1 amide bonds. The number of pyridine rings is 1. The minimum atomic E-state index is -0.779. The molecule has 0 atom stereocenters. The molecule has 2 aliphatic rings. The molecule has 5 nitrogen and oxygen atoms in total. The van der Waals surface area contributed by atoms with Crippen LogP contribution in [0.1, 0.15) is 37.8 Å². The summed E-state index contributed by atoms with van der Waals surface area (Å²) in [6, 6.07) is 6.34. The van der Waals surface area contributed by atoms with E-state index in [1.165, 1.54) is 23.4 Å². The van der Waals surface area contributed by atoms with Crippen molar-refractivity contribution >= 4 is 11.9 Å². The maximum absolute atomic E-state index is 10.9. The maximum atomic E-state index is 10.9. The highest BCUT2D eigenvalue weighted by atomic mass is 16.4. The molecule has 0 radical (unpaired) electrons. The first-order chi connectivity index (χ1) is 10.7. The van der Waals surface area contributed by atoms with E-state index >= 15 is 0 Å². The van der Waals surface area contributed by atoms with Gasteiger partial charge in [-0.2, -0.15) is 0 Å². The summed E-state index contributed by atoms with van der Waals surface area (Å²) in [7, 11) is 0. The lowest BCUT2D eigenvalue weighted by Crippen LogP contribution is -2.37. The molecule has 0 spiro atoms. The Morgan fingerprint density at radius 3 is 2.59 bits per heavy atom. The van der Waals surface area contributed by atoms with Gasteiger partial charge in [-0.25, -0.2) is 9.78 Å². The van der Waals surface area contributed by atoms with E-state index in [1.807, 2.05) is 0 Å². The molecule has 1 N–H and O–H groups in total. The van der Waals surface area contributed by atoms with Crippen LogP contribution in [0.15, 0.2) is 18.2 Å². The molecule has 3 heterocycles. The van der Waals surface area contributed by atoms with Gasteiger partial charge in [0.2, 0.25) is 0 Å². The Morgan fingerprint density at radius 1 is 1.18 bits per heavy atom. The van der Waals surface area contributed by atoms with Crippen molar-refractivity contribution in [3.8, 4) is 0 Å². The second-order valence-electron chi connectivity index (χ2n) is 6.43. The van der Waals surface area contributed by atoms with E-state index < -0.39 is 6.09 Å². The molecule has 0 bridgehead atoms. The van der Waals surface area contributed by atoms with Crippen molar-refractivity contribution in [2.75, 3.05) is 31.1 Å². The van der Waals surface area contributed by atoms with Crippen LogP contribution in [0.4, 0.5) is 10.6 Å². The van der Waals surface area contributed by atoms with E-state index in [1.54, 1.807) is 0 Å². The van der Waals surface area contributed by atoms with Crippen LogP contribution < -0.4 is 4.90 Å². The lowest BCUT2D eigenvalue weighted by Gasteiger charge is -2.29. The van der Waals surface area contributed by atoms with Crippen LogP contribution in [0.25, 0.3) is 0 Å². The molecule has 3 rings (SSSR count). The average molecular weight is 303 g/mol. The lowest BCUT2D eigenvalue weighted by atomic mass is 9.91. The molecule has 120 valence electrons. The quantitative estimate of drug-likeness (QED) is 0.929. The van der Waals surface area contributed by atoms with Crippen LogP contribution in [-0.4, -0.2) is 47.3 Å². The molecule has 0 aliphatic carbocycles. The second kappa shape index (κ2) is 6.99. The van der Waals surface area contributed by atoms with Crippen LogP contribution in [0.2, 0.25) is 0 Å². The molecule has 2 saturated heterocycles. The summed E-state index contributed by atoms with van der Waals surface area (Å²) in [6.45, 7) is 3.62. The van der Waals surface area contributed by atoms with Gasteiger partial charge in [0.05, 0.1) is 0 Å². The van der Waals surface area contributed by atoms with E-state index in [4.69, 9.17) is 10.1 Å². The average Bonchev–Trinajstić information content (AvgIpc) is 3.08. The third-order valence-corrected chi connectivity index (χ3v) is 4.92. The van der Waals surface area contributed by atoms with Gasteiger partial charge in [-0.3, -0.25) is 0 Å². The Hall–Kier alpha value is -1.78. The summed E-state index contributed by atoms with van der Waals surface area (Å²) in [6.07, 6.45) is 5.85. The molecule has 2 aliphatic heterocycles. The number of likely N-dealkylation sites (tertiary alicyclic amines) is 1. The van der Waals surface area contributed by atoms with Gasteiger partial charge in [-0.05, 0) is 56.6 Å². The first-order valence-electron chi connectivity index (χ1n) is 8.41. The SMILES string of the molecule is O=C(O)N1CCC(CCc2cccc(N3CCCC3)n2)CC1. The van der Waals surface area contributed by atoms with Gasteiger partial charge in [0, 0.05) is 31.9 Å². The first kappa shape index (κ1) is 15.1. The van der Waals surface area contributed by atoms with Crippen LogP contribution in [0.3, 0.4) is 0 Å². The number of hydrogen-bond donors (Lipinski definition) is 1. The van der Waals surface area contributed by atoms with E-state index in [-0.39, 0.29) is 0 Å². The highest BCUT2D eigenvalue weighted by Crippen LogP contribution is 2.23. The van der Waals surface area contributed by atoms with Gasteiger partial charge in [-0.1, -0.05) is 6.07 Å². The standard InChI is InChI=1S/C17H25N3O2/c21-17(22)20-12-8-14(9-13-20)6-7-15-4-3-5-16(18-15)19-10-1-2-11-19/h3-5,14H,1-2,6-13H2,(H,21,22). The minimum absolute atomic E-state index is 0.632. The fourth-order valence-corrected chi connectivity index (χ4v) is 3.49. The number of nitrogens with zero attached hydrogens (tertiary/aromatic N) is 3. The smallest absolute Gasteiger partial charge is 0.407 e. The van der Waals surface area contributed by atoms with Crippen molar-refractivity contribution in [3.63, 3.8) is 0 Å². The zero-order valence-electron chi connectivity index (χ0n) is 13.1. The summed E-state index contributed by atoms with van der Waals surface area (Å²) in [5, 5.41) is 8.98. The first-order valence-corrected chi connectivity index (χ1v) is 8.41. The number of carbonyl (C=O) groups is 1. The van der Waals surface area contributed by atoms with E-state index in [0.717, 1.165) is 44.6 Å². The zero-order valence-corrected chi connectivity index (χ0v) is 13.1. The van der Waals surface area contributed by atoms with Crippen molar-refractivity contribution in [2.24, 2.45) is 5.92 Å². The second-order valence-corrected chi connectivity index (χ2v) is 6.43. The molecule has 0 unspecified atom stereocenters. The molecular formula is C17H25N3O2. The van der Waals surface area contributed by atoms with Gasteiger partial charge in [0.1, 0.15) is 5.82 Å². The summed E-state index contributed by atoms with van der Waals surface area (Å²) < 4.78 is 0. The number of aryl methyl sites for hydroxylation is 1. The number of piperidine rings is 1.